The quantitative estimate of drug-likeness (QED) is 0.687. The Hall–Kier alpha value is -0.860. The molecule has 1 spiro atoms. The van der Waals surface area contributed by atoms with Gasteiger partial charge in [-0.1, -0.05) is 13.8 Å². The van der Waals surface area contributed by atoms with E-state index in [9.17, 15) is 13.2 Å². The van der Waals surface area contributed by atoms with Gasteiger partial charge in [-0.15, -0.1) is 0 Å². The lowest BCUT2D eigenvalue weighted by Gasteiger charge is -2.34. The van der Waals surface area contributed by atoms with Crippen LogP contribution in [0.5, 0.6) is 0 Å². The smallest absolute Gasteiger partial charge is 0.475 e. The van der Waals surface area contributed by atoms with Crippen molar-refractivity contribution in [1.29, 1.82) is 0 Å². The molecular formula is C10H16F3NO4. The van der Waals surface area contributed by atoms with Crippen molar-refractivity contribution < 1.29 is 32.5 Å². The van der Waals surface area contributed by atoms with Crippen molar-refractivity contribution in [3.05, 3.63) is 0 Å². The van der Waals surface area contributed by atoms with E-state index in [0.717, 1.165) is 26.3 Å². The van der Waals surface area contributed by atoms with Gasteiger partial charge in [0, 0.05) is 12.0 Å². The lowest BCUT2D eigenvalue weighted by Crippen LogP contribution is -2.44. The average molecular weight is 271 g/mol. The number of nitrogens with one attached hydrogen (secondary N) is 1. The summed E-state index contributed by atoms with van der Waals surface area (Å²) in [5.74, 6) is -3.08. The lowest BCUT2D eigenvalue weighted by atomic mass is 9.86. The summed E-state index contributed by atoms with van der Waals surface area (Å²) in [6.45, 7) is 7.65. The summed E-state index contributed by atoms with van der Waals surface area (Å²) >= 11 is 0. The maximum absolute atomic E-state index is 10.6. The number of halogens is 3. The molecule has 2 rings (SSSR count). The molecule has 0 aromatic rings. The summed E-state index contributed by atoms with van der Waals surface area (Å²) in [5.41, 5.74) is 0.115. The second kappa shape index (κ2) is 5.02. The van der Waals surface area contributed by atoms with E-state index in [1.807, 2.05) is 0 Å². The van der Waals surface area contributed by atoms with E-state index < -0.39 is 12.1 Å². The third kappa shape index (κ3) is 3.12. The molecule has 0 amide bonds. The Balaban J connectivity index is 0.000000203. The van der Waals surface area contributed by atoms with Gasteiger partial charge in [0.2, 0.25) is 0 Å². The minimum absolute atomic E-state index is 0.115. The highest BCUT2D eigenvalue weighted by Crippen LogP contribution is 2.40. The van der Waals surface area contributed by atoms with Gasteiger partial charge in [-0.2, -0.15) is 13.2 Å². The Morgan fingerprint density at radius 3 is 1.94 bits per heavy atom. The zero-order chi connectivity index (χ0) is 14.0. The molecule has 2 heterocycles. The standard InChI is InChI=1S/C8H15NO2.C2HF3O2/c1-7(2)5-9-6-8(7)10-3-4-11-8;3-2(4,5)1(6)7/h9H,3-6H2,1-2H3;(H,6,7). The summed E-state index contributed by atoms with van der Waals surface area (Å²) in [5, 5.41) is 10.4. The lowest BCUT2D eigenvalue weighted by molar-refractivity contribution is -0.198. The fraction of sp³-hybridized carbons (Fsp3) is 0.900. The van der Waals surface area contributed by atoms with Crippen molar-refractivity contribution in [3.8, 4) is 0 Å². The zero-order valence-electron chi connectivity index (χ0n) is 10.1. The van der Waals surface area contributed by atoms with E-state index in [4.69, 9.17) is 19.4 Å². The van der Waals surface area contributed by atoms with Crippen LogP contribution in [0.2, 0.25) is 0 Å². The Bertz CT molecular complexity index is 305. The summed E-state index contributed by atoms with van der Waals surface area (Å²) < 4.78 is 43.0. The molecule has 18 heavy (non-hydrogen) atoms. The summed E-state index contributed by atoms with van der Waals surface area (Å²) in [7, 11) is 0. The number of rotatable bonds is 0. The second-order valence-electron chi connectivity index (χ2n) is 4.74. The van der Waals surface area contributed by atoms with Crippen molar-refractivity contribution in [2.75, 3.05) is 26.3 Å². The third-order valence-corrected chi connectivity index (χ3v) is 2.95. The molecule has 0 bridgehead atoms. The van der Waals surface area contributed by atoms with E-state index in [0.29, 0.717) is 0 Å². The van der Waals surface area contributed by atoms with Gasteiger partial charge in [-0.05, 0) is 0 Å². The predicted octanol–water partition coefficient (Wildman–Crippen LogP) is 0.992. The molecule has 2 fully saturated rings. The largest absolute Gasteiger partial charge is 0.490 e. The van der Waals surface area contributed by atoms with Crippen LogP contribution < -0.4 is 5.32 Å². The first kappa shape index (κ1) is 15.2. The molecule has 2 N–H and O–H groups in total. The van der Waals surface area contributed by atoms with E-state index in [1.54, 1.807) is 0 Å². The fourth-order valence-electron chi connectivity index (χ4n) is 1.86. The van der Waals surface area contributed by atoms with Crippen LogP contribution in [-0.4, -0.2) is 49.3 Å². The third-order valence-electron chi connectivity index (χ3n) is 2.95. The molecular weight excluding hydrogens is 255 g/mol. The van der Waals surface area contributed by atoms with Crippen molar-refractivity contribution in [2.24, 2.45) is 5.41 Å². The summed E-state index contributed by atoms with van der Waals surface area (Å²) in [6.07, 6.45) is -5.08. The molecule has 8 heteroatoms. The number of carboxylic acid groups (broad SMARTS) is 1. The summed E-state index contributed by atoms with van der Waals surface area (Å²) in [6, 6.07) is 0. The predicted molar refractivity (Wildman–Crippen MR) is 55.0 cm³/mol. The van der Waals surface area contributed by atoms with Crippen LogP contribution >= 0.6 is 0 Å². The SMILES string of the molecule is CC1(C)CNCC12OCCO2.O=C(O)C(F)(F)F. The highest BCUT2D eigenvalue weighted by atomic mass is 19.4. The molecule has 5 nitrogen and oxygen atoms in total. The minimum atomic E-state index is -5.08. The molecule has 0 atom stereocenters. The first-order valence-electron chi connectivity index (χ1n) is 5.39. The van der Waals surface area contributed by atoms with Crippen LogP contribution in [0.4, 0.5) is 13.2 Å². The molecule has 0 aliphatic carbocycles. The van der Waals surface area contributed by atoms with E-state index >= 15 is 0 Å². The molecule has 0 radical (unpaired) electrons. The van der Waals surface area contributed by atoms with E-state index in [1.165, 1.54) is 0 Å². The van der Waals surface area contributed by atoms with Gasteiger partial charge in [0.05, 0.1) is 19.8 Å². The van der Waals surface area contributed by atoms with Crippen molar-refractivity contribution in [1.82, 2.24) is 5.32 Å². The number of carboxylic acids is 1. The van der Waals surface area contributed by atoms with Crippen LogP contribution in [0.1, 0.15) is 13.8 Å². The Morgan fingerprint density at radius 2 is 1.67 bits per heavy atom. The van der Waals surface area contributed by atoms with Crippen molar-refractivity contribution in [2.45, 2.75) is 25.8 Å². The fourth-order valence-corrected chi connectivity index (χ4v) is 1.86. The maximum Gasteiger partial charge on any atom is 0.490 e. The molecule has 0 aromatic heterocycles. The highest BCUT2D eigenvalue weighted by molar-refractivity contribution is 5.73. The van der Waals surface area contributed by atoms with Gasteiger partial charge in [-0.3, -0.25) is 0 Å². The van der Waals surface area contributed by atoms with Gasteiger partial charge in [0.15, 0.2) is 5.79 Å². The van der Waals surface area contributed by atoms with E-state index in [-0.39, 0.29) is 11.2 Å². The van der Waals surface area contributed by atoms with Crippen LogP contribution in [-0.2, 0) is 14.3 Å². The maximum atomic E-state index is 10.6. The molecule has 2 aliphatic heterocycles. The molecule has 0 saturated carbocycles. The summed E-state index contributed by atoms with van der Waals surface area (Å²) in [4.78, 5) is 8.90. The Kier molecular flexibility index (Phi) is 4.24. The monoisotopic (exact) mass is 271 g/mol. The van der Waals surface area contributed by atoms with Gasteiger partial charge >= 0.3 is 12.1 Å². The first-order chi connectivity index (χ1) is 8.11. The van der Waals surface area contributed by atoms with Crippen molar-refractivity contribution in [3.63, 3.8) is 0 Å². The van der Waals surface area contributed by atoms with Gasteiger partial charge in [0.25, 0.3) is 0 Å². The van der Waals surface area contributed by atoms with Crippen molar-refractivity contribution >= 4 is 5.97 Å². The molecule has 2 aliphatic rings. The van der Waals surface area contributed by atoms with Gasteiger partial charge < -0.3 is 19.9 Å². The van der Waals surface area contributed by atoms with Crippen LogP contribution in [0.3, 0.4) is 0 Å². The number of hydrogen-bond donors (Lipinski definition) is 2. The number of aliphatic carboxylic acids is 1. The highest BCUT2D eigenvalue weighted by Gasteiger charge is 2.53. The second-order valence-corrected chi connectivity index (χ2v) is 4.74. The number of carbonyl (C=O) groups is 1. The van der Waals surface area contributed by atoms with Gasteiger partial charge in [-0.25, -0.2) is 4.79 Å². The molecule has 0 aromatic carbocycles. The Morgan fingerprint density at radius 1 is 1.22 bits per heavy atom. The topological polar surface area (TPSA) is 67.8 Å². The molecule has 2 saturated heterocycles. The molecule has 106 valence electrons. The molecule has 0 unspecified atom stereocenters. The van der Waals surface area contributed by atoms with Crippen LogP contribution in [0.15, 0.2) is 0 Å². The normalized spacial score (nSPS) is 24.7. The number of alkyl halides is 3. The minimum Gasteiger partial charge on any atom is -0.475 e. The Labute approximate surface area is 102 Å². The average Bonchev–Trinajstić information content (AvgIpc) is 2.76. The zero-order valence-corrected chi connectivity index (χ0v) is 10.1. The number of hydrogen-bond acceptors (Lipinski definition) is 4. The van der Waals surface area contributed by atoms with E-state index in [2.05, 4.69) is 19.2 Å². The number of ether oxygens (including phenoxy) is 2. The van der Waals surface area contributed by atoms with Crippen LogP contribution in [0.25, 0.3) is 0 Å². The van der Waals surface area contributed by atoms with Gasteiger partial charge in [0.1, 0.15) is 0 Å². The van der Waals surface area contributed by atoms with Crippen LogP contribution in [0, 0.1) is 5.41 Å². The first-order valence-corrected chi connectivity index (χ1v) is 5.39.